The third-order valence-corrected chi connectivity index (χ3v) is 6.33. The largest absolute Gasteiger partial charge is 0.337 e. The second kappa shape index (κ2) is 7.75. The lowest BCUT2D eigenvalue weighted by Gasteiger charge is -2.15. The summed E-state index contributed by atoms with van der Waals surface area (Å²) in [5, 5.41) is 2.40. The smallest absolute Gasteiger partial charge is 0.328 e. The monoisotopic (exact) mass is 363 g/mol. The number of hydrogen-bond acceptors (Lipinski definition) is 5. The fourth-order valence-electron chi connectivity index (χ4n) is 1.67. The van der Waals surface area contributed by atoms with Gasteiger partial charge < -0.3 is 5.32 Å². The number of rotatable bonds is 7. The van der Waals surface area contributed by atoms with E-state index in [0.717, 1.165) is 16.8 Å². The summed E-state index contributed by atoms with van der Waals surface area (Å²) in [6.45, 7) is 2.26. The van der Waals surface area contributed by atoms with Crippen LogP contribution in [0.4, 0.5) is 4.79 Å². The van der Waals surface area contributed by atoms with Crippen LogP contribution in [0.5, 0.6) is 0 Å². The summed E-state index contributed by atoms with van der Waals surface area (Å²) in [5.74, 6) is 0. The van der Waals surface area contributed by atoms with Crippen LogP contribution < -0.4 is 10.0 Å². The van der Waals surface area contributed by atoms with Gasteiger partial charge >= 0.3 is 6.03 Å². The third-order valence-electron chi connectivity index (χ3n) is 2.94. The van der Waals surface area contributed by atoms with E-state index in [2.05, 4.69) is 5.32 Å². The molecule has 0 aliphatic heterocycles. The molecule has 0 bridgehead atoms. The Morgan fingerprint density at radius 3 is 2.17 bits per heavy atom. The SMILES string of the molecule is CCCCNC(=O)NS(=O)(=O)c1ccccc1S(=O)(=O)N(C)C. The minimum absolute atomic E-state index is 0.329. The van der Waals surface area contributed by atoms with Crippen molar-refractivity contribution >= 4 is 26.1 Å². The number of nitrogens with one attached hydrogen (secondary N) is 2. The highest BCUT2D eigenvalue weighted by molar-refractivity contribution is 7.92. The number of carbonyl (C=O) groups excluding carboxylic acids is 1. The molecule has 0 unspecified atom stereocenters. The Labute approximate surface area is 137 Å². The van der Waals surface area contributed by atoms with E-state index in [4.69, 9.17) is 0 Å². The second-order valence-electron chi connectivity index (χ2n) is 4.95. The van der Waals surface area contributed by atoms with Crippen molar-refractivity contribution in [3.63, 3.8) is 0 Å². The van der Waals surface area contributed by atoms with Crippen molar-refractivity contribution in [2.75, 3.05) is 20.6 Å². The van der Waals surface area contributed by atoms with Crippen LogP contribution in [0.25, 0.3) is 0 Å². The molecule has 10 heteroatoms. The molecule has 0 aliphatic carbocycles. The molecule has 0 aromatic heterocycles. The van der Waals surface area contributed by atoms with Gasteiger partial charge in [0, 0.05) is 20.6 Å². The molecule has 0 radical (unpaired) electrons. The summed E-state index contributed by atoms with van der Waals surface area (Å²) >= 11 is 0. The van der Waals surface area contributed by atoms with Crippen LogP contribution in [-0.2, 0) is 20.0 Å². The third kappa shape index (κ3) is 4.91. The van der Waals surface area contributed by atoms with Crippen LogP contribution in [0.3, 0.4) is 0 Å². The van der Waals surface area contributed by atoms with Crippen molar-refractivity contribution < 1.29 is 21.6 Å². The lowest BCUT2D eigenvalue weighted by Crippen LogP contribution is -2.40. The van der Waals surface area contributed by atoms with Gasteiger partial charge in [0.05, 0.1) is 0 Å². The van der Waals surface area contributed by atoms with E-state index in [1.165, 1.54) is 32.3 Å². The predicted octanol–water partition coefficient (Wildman–Crippen LogP) is 0.725. The van der Waals surface area contributed by atoms with Gasteiger partial charge in [0.2, 0.25) is 10.0 Å². The Bertz CT molecular complexity index is 758. The van der Waals surface area contributed by atoms with Gasteiger partial charge in [-0.1, -0.05) is 25.5 Å². The zero-order valence-electron chi connectivity index (χ0n) is 13.2. The minimum Gasteiger partial charge on any atom is -0.337 e. The Kier molecular flexibility index (Phi) is 6.54. The normalized spacial score (nSPS) is 12.2. The molecule has 8 nitrogen and oxygen atoms in total. The molecule has 0 saturated carbocycles. The molecule has 0 spiro atoms. The van der Waals surface area contributed by atoms with Crippen molar-refractivity contribution in [3.8, 4) is 0 Å². The zero-order valence-corrected chi connectivity index (χ0v) is 14.9. The van der Waals surface area contributed by atoms with Gasteiger partial charge in [-0.2, -0.15) is 0 Å². The first-order valence-corrected chi connectivity index (χ1v) is 9.87. The van der Waals surface area contributed by atoms with Crippen LogP contribution in [0.2, 0.25) is 0 Å². The summed E-state index contributed by atoms with van der Waals surface area (Å²) in [6, 6.07) is 4.22. The number of benzene rings is 1. The Morgan fingerprint density at radius 1 is 1.09 bits per heavy atom. The maximum Gasteiger partial charge on any atom is 0.328 e. The molecule has 2 N–H and O–H groups in total. The molecule has 0 heterocycles. The molecule has 1 rings (SSSR count). The standard InChI is InChI=1S/C13H21N3O5S2/c1-4-5-10-14-13(17)15-22(18,19)11-8-6-7-9-12(11)23(20,21)16(2)3/h6-9H,4-5,10H2,1-3H3,(H2,14,15,17). The van der Waals surface area contributed by atoms with Gasteiger partial charge in [0.1, 0.15) is 9.79 Å². The molecule has 130 valence electrons. The molecular weight excluding hydrogens is 342 g/mol. The highest BCUT2D eigenvalue weighted by Crippen LogP contribution is 2.22. The van der Waals surface area contributed by atoms with Crippen molar-refractivity contribution in [1.82, 2.24) is 14.3 Å². The average molecular weight is 363 g/mol. The molecule has 0 aliphatic rings. The molecular formula is C13H21N3O5S2. The van der Waals surface area contributed by atoms with Gasteiger partial charge in [-0.15, -0.1) is 0 Å². The Balaban J connectivity index is 3.14. The van der Waals surface area contributed by atoms with E-state index in [1.807, 2.05) is 11.6 Å². The van der Waals surface area contributed by atoms with Crippen molar-refractivity contribution in [2.45, 2.75) is 29.6 Å². The van der Waals surface area contributed by atoms with Crippen LogP contribution in [0.1, 0.15) is 19.8 Å². The summed E-state index contributed by atoms with van der Waals surface area (Å²) in [7, 11) is -5.69. The highest BCUT2D eigenvalue weighted by atomic mass is 32.2. The van der Waals surface area contributed by atoms with E-state index in [-0.39, 0.29) is 4.90 Å². The number of sulfonamides is 2. The van der Waals surface area contributed by atoms with Crippen molar-refractivity contribution in [1.29, 1.82) is 0 Å². The predicted molar refractivity (Wildman–Crippen MR) is 85.9 cm³/mol. The van der Waals surface area contributed by atoms with Crippen molar-refractivity contribution in [3.05, 3.63) is 24.3 Å². The summed E-state index contributed by atoms with van der Waals surface area (Å²) in [4.78, 5) is 10.8. The van der Waals surface area contributed by atoms with E-state index in [0.29, 0.717) is 13.0 Å². The number of urea groups is 1. The first-order chi connectivity index (χ1) is 10.6. The summed E-state index contributed by atoms with van der Waals surface area (Å²) < 4.78 is 51.8. The molecule has 23 heavy (non-hydrogen) atoms. The Hall–Kier alpha value is -1.65. The molecule has 1 aromatic carbocycles. The fourth-order valence-corrected chi connectivity index (χ4v) is 4.30. The average Bonchev–Trinajstić information content (AvgIpc) is 2.47. The van der Waals surface area contributed by atoms with Crippen molar-refractivity contribution in [2.24, 2.45) is 0 Å². The van der Waals surface area contributed by atoms with Crippen LogP contribution in [-0.4, -0.2) is 47.8 Å². The topological polar surface area (TPSA) is 113 Å². The molecule has 0 fully saturated rings. The lowest BCUT2D eigenvalue weighted by molar-refractivity contribution is 0.245. The van der Waals surface area contributed by atoms with Gasteiger partial charge in [-0.05, 0) is 18.6 Å². The van der Waals surface area contributed by atoms with E-state index in [9.17, 15) is 21.6 Å². The van der Waals surface area contributed by atoms with Gasteiger partial charge in [-0.25, -0.2) is 30.7 Å². The fraction of sp³-hybridized carbons (Fsp3) is 0.462. The van der Waals surface area contributed by atoms with E-state index in [1.54, 1.807) is 0 Å². The van der Waals surface area contributed by atoms with Crippen LogP contribution in [0.15, 0.2) is 34.1 Å². The molecule has 2 amide bonds. The maximum atomic E-state index is 12.3. The highest BCUT2D eigenvalue weighted by Gasteiger charge is 2.28. The van der Waals surface area contributed by atoms with Crippen LogP contribution >= 0.6 is 0 Å². The number of carbonyl (C=O) groups is 1. The van der Waals surface area contributed by atoms with Gasteiger partial charge in [0.25, 0.3) is 10.0 Å². The quantitative estimate of drug-likeness (QED) is 0.693. The summed E-state index contributed by atoms with van der Waals surface area (Å²) in [6.07, 6.45) is 1.55. The van der Waals surface area contributed by atoms with E-state index < -0.39 is 31.0 Å². The van der Waals surface area contributed by atoms with Gasteiger partial charge in [0.15, 0.2) is 0 Å². The molecule has 0 saturated heterocycles. The second-order valence-corrected chi connectivity index (χ2v) is 8.72. The number of hydrogen-bond donors (Lipinski definition) is 2. The molecule has 1 aromatic rings. The molecule has 0 atom stereocenters. The maximum absolute atomic E-state index is 12.3. The zero-order chi connectivity index (χ0) is 17.7. The number of unbranched alkanes of at least 4 members (excludes halogenated alkanes) is 1. The summed E-state index contributed by atoms with van der Waals surface area (Å²) in [5.41, 5.74) is 0. The Morgan fingerprint density at radius 2 is 1.65 bits per heavy atom. The first-order valence-electron chi connectivity index (χ1n) is 6.95. The van der Waals surface area contributed by atoms with E-state index >= 15 is 0 Å². The van der Waals surface area contributed by atoms with Gasteiger partial charge in [-0.3, -0.25) is 0 Å². The lowest BCUT2D eigenvalue weighted by atomic mass is 10.3. The first kappa shape index (κ1) is 19.4. The number of amides is 2. The van der Waals surface area contributed by atoms with Crippen LogP contribution in [0, 0.1) is 0 Å². The minimum atomic E-state index is -4.31. The number of nitrogens with zero attached hydrogens (tertiary/aromatic N) is 1.